The molecule has 0 spiro atoms. The Morgan fingerprint density at radius 1 is 1.24 bits per heavy atom. The summed E-state index contributed by atoms with van der Waals surface area (Å²) in [6, 6.07) is 9.52. The Hall–Kier alpha value is -1.75. The molecule has 2 aliphatic rings. The number of benzene rings is 2. The van der Waals surface area contributed by atoms with Gasteiger partial charge in [0.1, 0.15) is 12.6 Å². The lowest BCUT2D eigenvalue weighted by molar-refractivity contribution is -0.928. The molecule has 0 aliphatic carbocycles. The molecule has 2 unspecified atom stereocenters. The second-order valence-corrected chi connectivity index (χ2v) is 11.2. The van der Waals surface area contributed by atoms with E-state index >= 15 is 0 Å². The van der Waals surface area contributed by atoms with Gasteiger partial charge in [0.25, 0.3) is 12.1 Å². The number of rotatable bonds is 9. The molecule has 2 aromatic carbocycles. The zero-order valence-corrected chi connectivity index (χ0v) is 20.9. The van der Waals surface area contributed by atoms with E-state index in [1.54, 1.807) is 48.4 Å². The van der Waals surface area contributed by atoms with Crippen molar-refractivity contribution in [2.75, 3.05) is 26.8 Å². The Balaban J connectivity index is 1.46. The Labute approximate surface area is 200 Å². The number of hydrogen-bond donors (Lipinski definition) is 1. The van der Waals surface area contributed by atoms with Gasteiger partial charge in [-0.05, 0) is 48.9 Å². The van der Waals surface area contributed by atoms with Crippen LogP contribution in [-0.4, -0.2) is 75.0 Å². The van der Waals surface area contributed by atoms with Crippen LogP contribution in [0, 0.1) is 0 Å². The van der Waals surface area contributed by atoms with E-state index < -0.39 is 22.1 Å². The van der Waals surface area contributed by atoms with Crippen LogP contribution in [0.1, 0.15) is 27.2 Å². The molecule has 2 saturated heterocycles. The van der Waals surface area contributed by atoms with E-state index in [9.17, 15) is 13.2 Å². The number of fused-ring (bicyclic) bond motifs is 2. The highest BCUT2D eigenvalue weighted by atomic mass is 35.5. The fourth-order valence-corrected chi connectivity index (χ4v) is 6.19. The zero-order valence-electron chi connectivity index (χ0n) is 19.3. The summed E-state index contributed by atoms with van der Waals surface area (Å²) >= 11 is 6.03. The van der Waals surface area contributed by atoms with Gasteiger partial charge in [-0.2, -0.15) is 4.72 Å². The standard InChI is InChI=1S/C23H31ClN3O5S/c1-15(2)26(10-12-31-4)22(28)16(3)27-11-9-21(23(27)32-27)25-33(29,30)20-8-6-17-13-19(24)7-5-18(17)14-20/h5-8,13-16,21,23,25H,9-12H2,1-4H3/q+1/t16-,21-,23?,27?/m0/s1. The number of halogens is 1. The van der Waals surface area contributed by atoms with Crippen LogP contribution >= 0.6 is 11.6 Å². The van der Waals surface area contributed by atoms with E-state index in [2.05, 4.69) is 4.72 Å². The number of quaternary nitrogens is 1. The number of hydrogen-bond acceptors (Lipinski definition) is 5. The lowest BCUT2D eigenvalue weighted by atomic mass is 10.1. The van der Waals surface area contributed by atoms with E-state index in [0.29, 0.717) is 31.1 Å². The SMILES string of the molecule is COCCN(C(=O)[C@H](C)[N+]12CC[C@H](NS(=O)(=O)c3ccc4cc(Cl)ccc4c3)C1O2)C(C)C. The van der Waals surface area contributed by atoms with Gasteiger partial charge in [0.2, 0.25) is 10.0 Å². The zero-order chi connectivity index (χ0) is 24.0. The van der Waals surface area contributed by atoms with Gasteiger partial charge in [-0.15, -0.1) is 9.48 Å². The molecule has 10 heteroatoms. The van der Waals surface area contributed by atoms with Crippen molar-refractivity contribution in [3.05, 3.63) is 41.4 Å². The lowest BCUT2D eigenvalue weighted by Gasteiger charge is -2.30. The van der Waals surface area contributed by atoms with Crippen LogP contribution in [0.15, 0.2) is 41.3 Å². The first kappa shape index (κ1) is 24.4. The largest absolute Gasteiger partial charge is 0.383 e. The molecular formula is C23H31ClN3O5S+. The minimum atomic E-state index is -3.75. The number of carbonyl (C=O) groups excluding carboxylic acids is 1. The molecule has 0 aromatic heterocycles. The summed E-state index contributed by atoms with van der Waals surface area (Å²) in [5, 5.41) is 2.27. The Morgan fingerprint density at radius 3 is 2.61 bits per heavy atom. The lowest BCUT2D eigenvalue weighted by Crippen LogP contribution is -2.52. The topological polar surface area (TPSA) is 88.2 Å². The average Bonchev–Trinajstić information content (AvgIpc) is 3.42. The quantitative estimate of drug-likeness (QED) is 0.426. The first-order valence-corrected chi connectivity index (χ1v) is 13.0. The van der Waals surface area contributed by atoms with E-state index in [-0.39, 0.29) is 27.7 Å². The summed E-state index contributed by atoms with van der Waals surface area (Å²) in [5.74, 6) is -0.0127. The maximum atomic E-state index is 13.2. The van der Waals surface area contributed by atoms with Crippen LogP contribution in [0.4, 0.5) is 0 Å². The summed E-state index contributed by atoms with van der Waals surface area (Å²) in [4.78, 5) is 21.1. The summed E-state index contributed by atoms with van der Waals surface area (Å²) in [6.45, 7) is 7.35. The predicted molar refractivity (Wildman–Crippen MR) is 126 cm³/mol. The molecule has 0 bridgehead atoms. The van der Waals surface area contributed by atoms with Crippen molar-refractivity contribution in [1.82, 2.24) is 9.62 Å². The maximum absolute atomic E-state index is 13.2. The second kappa shape index (κ2) is 9.13. The average molecular weight is 497 g/mol. The molecule has 0 saturated carbocycles. The van der Waals surface area contributed by atoms with Gasteiger partial charge in [-0.1, -0.05) is 23.7 Å². The predicted octanol–water partition coefficient (Wildman–Crippen LogP) is 2.90. The van der Waals surface area contributed by atoms with Gasteiger partial charge in [-0.3, -0.25) is 4.79 Å². The van der Waals surface area contributed by atoms with Gasteiger partial charge < -0.3 is 9.64 Å². The van der Waals surface area contributed by atoms with E-state index in [1.165, 1.54) is 0 Å². The number of methoxy groups -OCH3 is 1. The van der Waals surface area contributed by atoms with Crippen LogP contribution in [0.25, 0.3) is 10.8 Å². The normalized spacial score (nSPS) is 25.3. The third-order valence-electron chi connectivity index (χ3n) is 6.67. The number of nitrogens with one attached hydrogen (secondary N) is 1. The first-order chi connectivity index (χ1) is 15.6. The van der Waals surface area contributed by atoms with Gasteiger partial charge in [0.05, 0.1) is 11.5 Å². The van der Waals surface area contributed by atoms with E-state index in [4.69, 9.17) is 21.2 Å². The number of amides is 1. The molecule has 4 atom stereocenters. The third kappa shape index (κ3) is 4.62. The van der Waals surface area contributed by atoms with Crippen molar-refractivity contribution in [3.63, 3.8) is 0 Å². The highest BCUT2D eigenvalue weighted by Gasteiger charge is 2.72. The van der Waals surface area contributed by atoms with Crippen LogP contribution in [-0.2, 0) is 24.4 Å². The third-order valence-corrected chi connectivity index (χ3v) is 8.39. The highest BCUT2D eigenvalue weighted by molar-refractivity contribution is 7.89. The van der Waals surface area contributed by atoms with Crippen LogP contribution in [0.5, 0.6) is 0 Å². The summed E-state index contributed by atoms with van der Waals surface area (Å²) < 4.78 is 34.3. The fraction of sp³-hybridized carbons (Fsp3) is 0.522. The van der Waals surface area contributed by atoms with Crippen LogP contribution < -0.4 is 4.72 Å². The van der Waals surface area contributed by atoms with E-state index in [1.807, 2.05) is 20.8 Å². The summed E-state index contributed by atoms with van der Waals surface area (Å²) in [5.41, 5.74) is 0. The van der Waals surface area contributed by atoms with Gasteiger partial charge >= 0.3 is 0 Å². The second-order valence-electron chi connectivity index (χ2n) is 9.04. The molecule has 4 rings (SSSR count). The molecule has 0 radical (unpaired) electrons. The number of ether oxygens (including phenoxy) is 1. The maximum Gasteiger partial charge on any atom is 0.291 e. The first-order valence-electron chi connectivity index (χ1n) is 11.2. The number of hydroxylamine groups is 3. The fourth-order valence-electron chi connectivity index (χ4n) is 4.71. The molecule has 33 heavy (non-hydrogen) atoms. The smallest absolute Gasteiger partial charge is 0.291 e. The van der Waals surface area contributed by atoms with Crippen molar-refractivity contribution >= 4 is 38.3 Å². The summed E-state index contributed by atoms with van der Waals surface area (Å²) in [7, 11) is -2.14. The summed E-state index contributed by atoms with van der Waals surface area (Å²) in [6.07, 6.45) is 0.235. The van der Waals surface area contributed by atoms with Crippen molar-refractivity contribution < 1.29 is 27.4 Å². The molecule has 180 valence electrons. The van der Waals surface area contributed by atoms with Gasteiger partial charge in [-0.25, -0.2) is 8.42 Å². The Morgan fingerprint density at radius 2 is 1.94 bits per heavy atom. The Kier molecular flexibility index (Phi) is 6.74. The van der Waals surface area contributed by atoms with Gasteiger partial charge in [0.15, 0.2) is 6.04 Å². The van der Waals surface area contributed by atoms with Gasteiger partial charge in [0, 0.05) is 38.1 Å². The van der Waals surface area contributed by atoms with Crippen LogP contribution in [0.3, 0.4) is 0 Å². The minimum Gasteiger partial charge on any atom is -0.383 e. The minimum absolute atomic E-state index is 0.0127. The molecule has 2 aromatic rings. The van der Waals surface area contributed by atoms with Crippen molar-refractivity contribution in [2.24, 2.45) is 0 Å². The molecule has 2 aliphatic heterocycles. The highest BCUT2D eigenvalue weighted by Crippen LogP contribution is 2.46. The number of carbonyl (C=O) groups is 1. The molecule has 1 amide bonds. The molecule has 2 heterocycles. The number of sulfonamides is 1. The molecule has 2 fully saturated rings. The molecule has 8 nitrogen and oxygen atoms in total. The monoisotopic (exact) mass is 496 g/mol. The number of nitrogens with zero attached hydrogens (tertiary/aromatic N) is 2. The van der Waals surface area contributed by atoms with E-state index in [0.717, 1.165) is 10.8 Å². The Bertz CT molecular complexity index is 1160. The molecule has 1 N–H and O–H groups in total. The van der Waals surface area contributed by atoms with Crippen LogP contribution in [0.2, 0.25) is 5.02 Å². The van der Waals surface area contributed by atoms with Crippen molar-refractivity contribution in [1.29, 1.82) is 0 Å². The van der Waals surface area contributed by atoms with Crippen molar-refractivity contribution in [2.45, 2.75) is 56.4 Å². The molecular weight excluding hydrogens is 466 g/mol. The van der Waals surface area contributed by atoms with Crippen molar-refractivity contribution in [3.8, 4) is 0 Å².